The molecule has 4 aromatic carbocycles. The number of ether oxygens (including phenoxy) is 4. The molecule has 0 radical (unpaired) electrons. The lowest BCUT2D eigenvalue weighted by Crippen LogP contribution is -2.34. The number of benzene rings is 4. The Morgan fingerprint density at radius 1 is 0.397 bits per heavy atom. The van der Waals surface area contributed by atoms with Crippen LogP contribution in [0.4, 0.5) is 0 Å². The van der Waals surface area contributed by atoms with E-state index < -0.39 is 0 Å². The molecule has 0 saturated carbocycles. The van der Waals surface area contributed by atoms with E-state index in [4.69, 9.17) is 28.9 Å². The highest BCUT2D eigenvalue weighted by atomic mass is 16.5. The van der Waals surface area contributed by atoms with Crippen molar-refractivity contribution < 1.29 is 28.5 Å². The van der Waals surface area contributed by atoms with Crippen LogP contribution in [0.1, 0.15) is 189 Å². The summed E-state index contributed by atoms with van der Waals surface area (Å²) in [6, 6.07) is 30.2. The smallest absolute Gasteiger partial charge is 0.260 e. The standard InChI is InChI=1S/C68H88N4O6/c1-17-71(18-2)59(73)43-77-63-49-30-47-35-53(65(5,6)7)33-45(61(47)75-41-57-25-21-23-27-69-57)29-46-34-54(66(8,9)10)36-48(62(46)76-42-58-26-22-24-28-70-58)31-50-38-56(68(14,15)16)40-52(32-51(63)39-55(37-49)67(11,12)13)64(50)78-44-60(74)72(19-3)20-4/h21-28,33-40H,17-20,29-32,41-44H2,1-16H3. The Morgan fingerprint density at radius 2 is 0.641 bits per heavy atom. The largest absolute Gasteiger partial charge is 0.487 e. The van der Waals surface area contributed by atoms with Crippen molar-refractivity contribution in [2.75, 3.05) is 39.4 Å². The number of nitrogens with zero attached hydrogens (tertiary/aromatic N) is 4. The number of carbonyl (C=O) groups excluding carboxylic acids is 2. The molecule has 8 bridgehead atoms. The molecule has 0 atom stereocenters. The van der Waals surface area contributed by atoms with Gasteiger partial charge in [0.25, 0.3) is 11.8 Å². The van der Waals surface area contributed by atoms with Gasteiger partial charge in [0.15, 0.2) is 13.2 Å². The van der Waals surface area contributed by atoms with Crippen molar-refractivity contribution in [2.45, 2.75) is 171 Å². The zero-order valence-corrected chi connectivity index (χ0v) is 50.0. The quantitative estimate of drug-likeness (QED) is 0.0943. The lowest BCUT2D eigenvalue weighted by molar-refractivity contribution is -0.133. The summed E-state index contributed by atoms with van der Waals surface area (Å²) in [7, 11) is 0. The molecule has 0 spiro atoms. The van der Waals surface area contributed by atoms with E-state index in [0.29, 0.717) is 63.4 Å². The predicted molar refractivity (Wildman–Crippen MR) is 316 cm³/mol. The number of hydrogen-bond donors (Lipinski definition) is 0. The van der Waals surface area contributed by atoms with Crippen molar-refractivity contribution >= 4 is 11.8 Å². The van der Waals surface area contributed by atoms with E-state index in [2.05, 4.69) is 132 Å². The van der Waals surface area contributed by atoms with Crippen LogP contribution in [0, 0.1) is 0 Å². The minimum Gasteiger partial charge on any atom is -0.487 e. The van der Waals surface area contributed by atoms with Crippen molar-refractivity contribution in [2.24, 2.45) is 0 Å². The molecule has 0 aliphatic heterocycles. The number of pyridine rings is 2. The van der Waals surface area contributed by atoms with Crippen molar-refractivity contribution in [3.8, 4) is 23.0 Å². The zero-order chi connectivity index (χ0) is 56.7. The molecule has 1 aliphatic carbocycles. The van der Waals surface area contributed by atoms with Gasteiger partial charge in [-0.3, -0.25) is 19.6 Å². The minimum atomic E-state index is -0.274. The van der Waals surface area contributed by atoms with Gasteiger partial charge in [-0.2, -0.15) is 0 Å². The van der Waals surface area contributed by atoms with E-state index in [-0.39, 0.29) is 59.9 Å². The zero-order valence-electron chi connectivity index (χ0n) is 50.0. The molecule has 10 nitrogen and oxygen atoms in total. The van der Waals surface area contributed by atoms with Gasteiger partial charge in [0.1, 0.15) is 36.2 Å². The first kappa shape index (κ1) is 59.0. The Labute approximate surface area is 467 Å². The Bertz CT molecular complexity index is 2830. The molecule has 10 heteroatoms. The maximum Gasteiger partial charge on any atom is 0.260 e. The molecule has 2 aromatic heterocycles. The molecular formula is C68H88N4O6. The van der Waals surface area contributed by atoms with Crippen LogP contribution >= 0.6 is 0 Å². The van der Waals surface area contributed by atoms with E-state index in [0.717, 1.165) is 78.5 Å². The highest BCUT2D eigenvalue weighted by Gasteiger charge is 2.30. The third-order valence-electron chi connectivity index (χ3n) is 15.1. The third-order valence-corrected chi connectivity index (χ3v) is 15.1. The number of fused-ring (bicyclic) bond motifs is 8. The number of carbonyl (C=O) groups is 2. The fraction of sp³-hybridized carbons (Fsp3) is 0.471. The molecule has 2 heterocycles. The average molecular weight is 1060 g/mol. The maximum atomic E-state index is 14.1. The third kappa shape index (κ3) is 14.5. The molecule has 0 fully saturated rings. The molecular weight excluding hydrogens is 969 g/mol. The molecule has 6 aromatic rings. The van der Waals surface area contributed by atoms with Crippen LogP contribution in [0.3, 0.4) is 0 Å². The molecule has 7 rings (SSSR count). The number of hydrogen-bond acceptors (Lipinski definition) is 8. The van der Waals surface area contributed by atoms with Crippen molar-refractivity contribution in [3.05, 3.63) is 175 Å². The predicted octanol–water partition coefficient (Wildman–Crippen LogP) is 14.0. The van der Waals surface area contributed by atoms with Crippen LogP contribution in [-0.2, 0) is 70.1 Å². The number of rotatable bonds is 16. The van der Waals surface area contributed by atoms with Gasteiger partial charge in [0, 0.05) is 64.3 Å². The number of amides is 2. The first-order valence-electron chi connectivity index (χ1n) is 28.3. The van der Waals surface area contributed by atoms with Crippen molar-refractivity contribution in [1.82, 2.24) is 19.8 Å². The summed E-state index contributed by atoms with van der Waals surface area (Å²) in [5.41, 5.74) is 12.9. The van der Waals surface area contributed by atoms with E-state index in [9.17, 15) is 9.59 Å². The highest BCUT2D eigenvalue weighted by molar-refractivity contribution is 5.78. The van der Waals surface area contributed by atoms with Crippen LogP contribution in [0.2, 0.25) is 0 Å². The number of likely N-dealkylation sites (N-methyl/N-ethyl adjacent to an activating group) is 2. The van der Waals surface area contributed by atoms with E-state index in [1.807, 2.05) is 73.9 Å². The molecule has 0 unspecified atom stereocenters. The maximum absolute atomic E-state index is 14.1. The summed E-state index contributed by atoms with van der Waals surface area (Å²) in [5, 5.41) is 0. The van der Waals surface area contributed by atoms with Gasteiger partial charge in [-0.05, 0) is 140 Å². The Kier molecular flexibility index (Phi) is 18.6. The van der Waals surface area contributed by atoms with Crippen molar-refractivity contribution in [1.29, 1.82) is 0 Å². The minimum absolute atomic E-state index is 0.0804. The van der Waals surface area contributed by atoms with Crippen LogP contribution in [-0.4, -0.2) is 71.0 Å². The van der Waals surface area contributed by atoms with Crippen LogP contribution in [0.25, 0.3) is 0 Å². The van der Waals surface area contributed by atoms with Gasteiger partial charge in [0.2, 0.25) is 0 Å². The normalized spacial score (nSPS) is 12.9. The summed E-state index contributed by atoms with van der Waals surface area (Å²) >= 11 is 0. The van der Waals surface area contributed by atoms with Crippen LogP contribution in [0.5, 0.6) is 23.0 Å². The fourth-order valence-corrected chi connectivity index (χ4v) is 10.2. The summed E-state index contributed by atoms with van der Waals surface area (Å²) in [6.45, 7) is 37.6. The fourth-order valence-electron chi connectivity index (χ4n) is 10.2. The Hall–Kier alpha value is -6.68. The van der Waals surface area contributed by atoms with E-state index >= 15 is 0 Å². The second-order valence-electron chi connectivity index (χ2n) is 25.1. The Morgan fingerprint density at radius 3 is 0.846 bits per heavy atom. The summed E-state index contributed by atoms with van der Waals surface area (Å²) in [4.78, 5) is 41.2. The highest BCUT2D eigenvalue weighted by Crippen LogP contribution is 2.45. The molecule has 2 amide bonds. The monoisotopic (exact) mass is 1060 g/mol. The second kappa shape index (κ2) is 24.6. The summed E-state index contributed by atoms with van der Waals surface area (Å²) < 4.78 is 28.4. The van der Waals surface area contributed by atoms with Gasteiger partial charge in [-0.15, -0.1) is 0 Å². The molecule has 416 valence electrons. The summed E-state index contributed by atoms with van der Waals surface area (Å²) in [6.07, 6.45) is 5.35. The van der Waals surface area contributed by atoms with Gasteiger partial charge in [-0.25, -0.2) is 0 Å². The first-order valence-corrected chi connectivity index (χ1v) is 28.3. The topological polar surface area (TPSA) is 103 Å². The molecule has 0 saturated heterocycles. The van der Waals surface area contributed by atoms with Crippen LogP contribution in [0.15, 0.2) is 97.3 Å². The average Bonchev–Trinajstić information content (AvgIpc) is 3.44. The molecule has 0 N–H and O–H groups in total. The Balaban J connectivity index is 1.64. The summed E-state index contributed by atoms with van der Waals surface area (Å²) in [5.74, 6) is 2.71. The van der Waals surface area contributed by atoms with Gasteiger partial charge in [0.05, 0.1) is 11.4 Å². The van der Waals surface area contributed by atoms with Crippen molar-refractivity contribution in [3.63, 3.8) is 0 Å². The first-order chi connectivity index (χ1) is 36.8. The van der Waals surface area contributed by atoms with Gasteiger partial charge < -0.3 is 28.7 Å². The lowest BCUT2D eigenvalue weighted by atomic mass is 9.79. The molecule has 1 aliphatic rings. The van der Waals surface area contributed by atoms with Gasteiger partial charge in [-0.1, -0.05) is 144 Å². The van der Waals surface area contributed by atoms with E-state index in [1.54, 1.807) is 12.4 Å². The van der Waals surface area contributed by atoms with Gasteiger partial charge >= 0.3 is 0 Å². The van der Waals surface area contributed by atoms with Crippen LogP contribution < -0.4 is 18.9 Å². The lowest BCUT2D eigenvalue weighted by Gasteiger charge is -2.29. The second-order valence-corrected chi connectivity index (χ2v) is 25.1. The molecule has 78 heavy (non-hydrogen) atoms. The van der Waals surface area contributed by atoms with E-state index in [1.165, 1.54) is 11.1 Å². The SMILES string of the molecule is CCN(CC)C(=O)COc1c2cc(C(C)(C)C)cc1Cc1cc(C(C)(C)C)cc(c1OCc1ccccn1)Cc1cc(C(C)(C)C)cc(c1OCc1ccccn1)Cc1cc(C(C)(C)C)cc(c1OCC(=O)N(CC)CC)C2. The number of aromatic nitrogens is 2.